The Morgan fingerprint density at radius 2 is 1.27 bits per heavy atom. The van der Waals surface area contributed by atoms with Crippen molar-refractivity contribution in [2.24, 2.45) is 0 Å². The third kappa shape index (κ3) is 3.51. The molecule has 6 nitrogen and oxygen atoms in total. The van der Waals surface area contributed by atoms with Crippen LogP contribution in [-0.2, 0) is 9.59 Å². The number of rotatable bonds is 6. The van der Waals surface area contributed by atoms with Gasteiger partial charge < -0.3 is 14.8 Å². The van der Waals surface area contributed by atoms with Crippen LogP contribution in [-0.4, -0.2) is 26.0 Å². The van der Waals surface area contributed by atoms with E-state index in [-0.39, 0.29) is 11.6 Å². The lowest BCUT2D eigenvalue weighted by Crippen LogP contribution is -2.32. The molecular formula is C24H20N2O4. The standard InChI is InChI=1S/C24H20N2O4/c1-29-19-12-8-17(9-13-19)25-22-21(16-6-4-3-5-7-16)23(27)26(24(22)28)18-10-14-20(30-2)15-11-18/h3-15,25H,1-2H3. The summed E-state index contributed by atoms with van der Waals surface area (Å²) in [5.74, 6) is 0.546. The number of amides is 2. The average Bonchev–Trinajstić information content (AvgIpc) is 3.04. The first-order valence-electron chi connectivity index (χ1n) is 9.36. The normalized spacial score (nSPS) is 13.6. The number of carbonyl (C=O) groups excluding carboxylic acids is 2. The van der Waals surface area contributed by atoms with E-state index in [0.717, 1.165) is 0 Å². The van der Waals surface area contributed by atoms with Gasteiger partial charge in [-0.3, -0.25) is 9.59 Å². The topological polar surface area (TPSA) is 67.9 Å². The fourth-order valence-corrected chi connectivity index (χ4v) is 3.30. The van der Waals surface area contributed by atoms with Crippen LogP contribution >= 0.6 is 0 Å². The first-order chi connectivity index (χ1) is 14.6. The molecule has 1 aliphatic heterocycles. The van der Waals surface area contributed by atoms with Crippen LogP contribution in [0.5, 0.6) is 11.5 Å². The van der Waals surface area contributed by atoms with Gasteiger partial charge in [0.1, 0.15) is 17.2 Å². The molecular weight excluding hydrogens is 380 g/mol. The van der Waals surface area contributed by atoms with Crippen molar-refractivity contribution in [1.29, 1.82) is 0 Å². The number of hydrogen-bond donors (Lipinski definition) is 1. The lowest BCUT2D eigenvalue weighted by molar-refractivity contribution is -0.120. The van der Waals surface area contributed by atoms with Crippen LogP contribution in [0.4, 0.5) is 11.4 Å². The van der Waals surface area contributed by atoms with Crippen molar-refractivity contribution in [2.45, 2.75) is 0 Å². The fourth-order valence-electron chi connectivity index (χ4n) is 3.30. The molecule has 0 bridgehead atoms. The molecule has 0 atom stereocenters. The minimum absolute atomic E-state index is 0.229. The summed E-state index contributed by atoms with van der Waals surface area (Å²) in [5, 5.41) is 3.13. The average molecular weight is 400 g/mol. The molecule has 0 fully saturated rings. The molecule has 0 aromatic heterocycles. The third-order valence-electron chi connectivity index (χ3n) is 4.84. The van der Waals surface area contributed by atoms with Crippen LogP contribution in [0.15, 0.2) is 84.6 Å². The van der Waals surface area contributed by atoms with Gasteiger partial charge >= 0.3 is 0 Å². The quantitative estimate of drug-likeness (QED) is 0.631. The molecule has 1 heterocycles. The predicted molar refractivity (Wildman–Crippen MR) is 115 cm³/mol. The Morgan fingerprint density at radius 1 is 0.700 bits per heavy atom. The molecule has 0 radical (unpaired) electrons. The van der Waals surface area contributed by atoms with E-state index >= 15 is 0 Å². The number of imide groups is 1. The van der Waals surface area contributed by atoms with Crippen molar-refractivity contribution in [3.8, 4) is 11.5 Å². The van der Waals surface area contributed by atoms with Crippen LogP contribution in [0.3, 0.4) is 0 Å². The van der Waals surface area contributed by atoms with Gasteiger partial charge in [-0.25, -0.2) is 4.90 Å². The summed E-state index contributed by atoms with van der Waals surface area (Å²) in [7, 11) is 3.15. The first-order valence-corrected chi connectivity index (χ1v) is 9.36. The Hall–Kier alpha value is -4.06. The lowest BCUT2D eigenvalue weighted by atomic mass is 10.0. The first kappa shape index (κ1) is 19.3. The second-order valence-corrected chi connectivity index (χ2v) is 6.61. The van der Waals surface area contributed by atoms with Crippen molar-refractivity contribution >= 4 is 28.8 Å². The highest BCUT2D eigenvalue weighted by atomic mass is 16.5. The minimum atomic E-state index is -0.417. The molecule has 1 N–H and O–H groups in total. The molecule has 4 rings (SSSR count). The number of carbonyl (C=O) groups is 2. The Kier molecular flexibility index (Phi) is 5.22. The maximum absolute atomic E-state index is 13.3. The number of hydrogen-bond acceptors (Lipinski definition) is 5. The summed E-state index contributed by atoms with van der Waals surface area (Å²) < 4.78 is 10.4. The van der Waals surface area contributed by atoms with E-state index in [9.17, 15) is 9.59 Å². The summed E-state index contributed by atoms with van der Waals surface area (Å²) in [6.07, 6.45) is 0. The van der Waals surface area contributed by atoms with E-state index in [1.807, 2.05) is 30.3 Å². The van der Waals surface area contributed by atoms with Gasteiger partial charge in [0.25, 0.3) is 11.8 Å². The minimum Gasteiger partial charge on any atom is -0.497 e. The number of nitrogens with zero attached hydrogens (tertiary/aromatic N) is 1. The van der Waals surface area contributed by atoms with E-state index in [1.54, 1.807) is 62.8 Å². The Labute approximate surface area is 174 Å². The number of nitrogens with one attached hydrogen (secondary N) is 1. The summed E-state index contributed by atoms with van der Waals surface area (Å²) in [6.45, 7) is 0. The highest BCUT2D eigenvalue weighted by Crippen LogP contribution is 2.34. The van der Waals surface area contributed by atoms with Crippen molar-refractivity contribution in [2.75, 3.05) is 24.4 Å². The molecule has 6 heteroatoms. The lowest BCUT2D eigenvalue weighted by Gasteiger charge is -2.16. The van der Waals surface area contributed by atoms with E-state index in [2.05, 4.69) is 5.32 Å². The second-order valence-electron chi connectivity index (χ2n) is 6.61. The predicted octanol–water partition coefficient (Wildman–Crippen LogP) is 4.10. The van der Waals surface area contributed by atoms with Crippen molar-refractivity contribution in [3.63, 3.8) is 0 Å². The van der Waals surface area contributed by atoms with Crippen LogP contribution < -0.4 is 19.7 Å². The zero-order valence-electron chi connectivity index (χ0n) is 16.6. The van der Waals surface area contributed by atoms with Crippen molar-refractivity contribution in [1.82, 2.24) is 0 Å². The molecule has 3 aromatic rings. The highest BCUT2D eigenvalue weighted by Gasteiger charge is 2.40. The van der Waals surface area contributed by atoms with Gasteiger partial charge in [-0.2, -0.15) is 0 Å². The highest BCUT2D eigenvalue weighted by molar-refractivity contribution is 6.46. The van der Waals surface area contributed by atoms with Crippen LogP contribution in [0.2, 0.25) is 0 Å². The van der Waals surface area contributed by atoms with E-state index in [1.165, 1.54) is 4.90 Å². The Bertz CT molecular complexity index is 1100. The molecule has 0 aliphatic carbocycles. The smallest absolute Gasteiger partial charge is 0.282 e. The zero-order chi connectivity index (χ0) is 21.1. The van der Waals surface area contributed by atoms with Crippen molar-refractivity contribution in [3.05, 3.63) is 90.1 Å². The molecule has 150 valence electrons. The van der Waals surface area contributed by atoms with Gasteiger partial charge in [-0.05, 0) is 54.1 Å². The van der Waals surface area contributed by atoms with Gasteiger partial charge in [0.05, 0.1) is 25.5 Å². The SMILES string of the molecule is COc1ccc(NC2=C(c3ccccc3)C(=O)N(c3ccc(OC)cc3)C2=O)cc1. The summed E-state index contributed by atoms with van der Waals surface area (Å²) >= 11 is 0. The third-order valence-corrected chi connectivity index (χ3v) is 4.84. The van der Waals surface area contributed by atoms with Crippen LogP contribution in [0, 0.1) is 0 Å². The molecule has 0 saturated heterocycles. The number of methoxy groups -OCH3 is 2. The molecule has 0 unspecified atom stereocenters. The molecule has 1 aliphatic rings. The summed E-state index contributed by atoms with van der Waals surface area (Å²) in [4.78, 5) is 27.8. The summed E-state index contributed by atoms with van der Waals surface area (Å²) in [5.41, 5.74) is 2.38. The van der Waals surface area contributed by atoms with Gasteiger partial charge in [0.15, 0.2) is 0 Å². The molecule has 0 saturated carbocycles. The van der Waals surface area contributed by atoms with Crippen molar-refractivity contribution < 1.29 is 19.1 Å². The number of anilines is 2. The monoisotopic (exact) mass is 400 g/mol. The molecule has 30 heavy (non-hydrogen) atoms. The fraction of sp³-hybridized carbons (Fsp3) is 0.0833. The zero-order valence-corrected chi connectivity index (χ0v) is 16.6. The maximum atomic E-state index is 13.3. The van der Waals surface area contributed by atoms with Gasteiger partial charge in [-0.15, -0.1) is 0 Å². The summed E-state index contributed by atoms with van der Waals surface area (Å²) in [6, 6.07) is 23.1. The van der Waals surface area contributed by atoms with E-state index in [4.69, 9.17) is 9.47 Å². The van der Waals surface area contributed by atoms with Gasteiger partial charge in [-0.1, -0.05) is 30.3 Å². The van der Waals surface area contributed by atoms with Crippen LogP contribution in [0.1, 0.15) is 5.56 Å². The molecule has 2 amide bonds. The van der Waals surface area contributed by atoms with Crippen LogP contribution in [0.25, 0.3) is 5.57 Å². The molecule has 3 aromatic carbocycles. The maximum Gasteiger partial charge on any atom is 0.282 e. The van der Waals surface area contributed by atoms with Gasteiger partial charge in [0, 0.05) is 5.69 Å². The van der Waals surface area contributed by atoms with E-state index in [0.29, 0.717) is 34.0 Å². The number of benzene rings is 3. The van der Waals surface area contributed by atoms with E-state index < -0.39 is 5.91 Å². The Balaban J connectivity index is 1.75. The Morgan fingerprint density at radius 3 is 1.83 bits per heavy atom. The molecule has 0 spiro atoms. The second kappa shape index (κ2) is 8.13. The number of ether oxygens (including phenoxy) is 2. The van der Waals surface area contributed by atoms with Gasteiger partial charge in [0.2, 0.25) is 0 Å². The largest absolute Gasteiger partial charge is 0.497 e.